The summed E-state index contributed by atoms with van der Waals surface area (Å²) < 4.78 is 10.3. The lowest BCUT2D eigenvalue weighted by Crippen LogP contribution is -2.31. The Kier molecular flexibility index (Phi) is 6.52. The van der Waals surface area contributed by atoms with Crippen molar-refractivity contribution >= 4 is 5.97 Å². The second-order valence-electron chi connectivity index (χ2n) is 4.94. The maximum atomic E-state index is 11.6. The third-order valence-electron chi connectivity index (χ3n) is 3.48. The first kappa shape index (κ1) is 16.5. The highest BCUT2D eigenvalue weighted by Crippen LogP contribution is 2.23. The third-order valence-corrected chi connectivity index (χ3v) is 3.48. The molecule has 0 aromatic heterocycles. The summed E-state index contributed by atoms with van der Waals surface area (Å²) in [6, 6.07) is 4.14. The van der Waals surface area contributed by atoms with Gasteiger partial charge in [0.15, 0.2) is 0 Å². The molecule has 1 atom stereocenters. The van der Waals surface area contributed by atoms with Crippen LogP contribution in [-0.4, -0.2) is 32.8 Å². The highest BCUT2D eigenvalue weighted by atomic mass is 16.5. The molecule has 1 N–H and O–H groups in total. The van der Waals surface area contributed by atoms with Crippen LogP contribution >= 0.6 is 0 Å². The number of hydrogen-bond donors (Lipinski definition) is 1. The lowest BCUT2D eigenvalue weighted by molar-refractivity contribution is -0.143. The quantitative estimate of drug-likeness (QED) is 0.779. The SMILES string of the molecule is CCOC(=O)CC(Cc1c(C)cc(OC)cc1C)NC. The van der Waals surface area contributed by atoms with Crippen LogP contribution in [0.25, 0.3) is 0 Å². The Hall–Kier alpha value is -1.55. The van der Waals surface area contributed by atoms with Crippen LogP contribution in [0, 0.1) is 13.8 Å². The van der Waals surface area contributed by atoms with Crippen LogP contribution < -0.4 is 10.1 Å². The average molecular weight is 279 g/mol. The summed E-state index contributed by atoms with van der Waals surface area (Å²) in [7, 11) is 3.54. The lowest BCUT2D eigenvalue weighted by Gasteiger charge is -2.19. The molecule has 1 unspecified atom stereocenters. The summed E-state index contributed by atoms with van der Waals surface area (Å²) >= 11 is 0. The van der Waals surface area contributed by atoms with E-state index < -0.39 is 0 Å². The van der Waals surface area contributed by atoms with E-state index in [1.807, 2.05) is 26.1 Å². The molecular formula is C16H25NO3. The van der Waals surface area contributed by atoms with Crippen molar-refractivity contribution in [2.45, 2.75) is 39.7 Å². The lowest BCUT2D eigenvalue weighted by atomic mass is 9.95. The van der Waals surface area contributed by atoms with Crippen molar-refractivity contribution in [3.63, 3.8) is 0 Å². The Morgan fingerprint density at radius 1 is 1.30 bits per heavy atom. The molecule has 0 fully saturated rings. The van der Waals surface area contributed by atoms with Crippen LogP contribution in [0.1, 0.15) is 30.0 Å². The van der Waals surface area contributed by atoms with Gasteiger partial charge >= 0.3 is 5.97 Å². The number of aryl methyl sites for hydroxylation is 2. The molecule has 112 valence electrons. The maximum Gasteiger partial charge on any atom is 0.307 e. The molecule has 0 aliphatic heterocycles. The number of likely N-dealkylation sites (N-methyl/N-ethyl adjacent to an activating group) is 1. The van der Waals surface area contributed by atoms with Gasteiger partial charge in [-0.25, -0.2) is 0 Å². The molecule has 4 heteroatoms. The molecule has 1 rings (SSSR count). The Balaban J connectivity index is 2.82. The Morgan fingerprint density at radius 3 is 2.35 bits per heavy atom. The third kappa shape index (κ3) is 4.53. The van der Waals surface area contributed by atoms with Crippen molar-refractivity contribution in [1.29, 1.82) is 0 Å². The van der Waals surface area contributed by atoms with Crippen LogP contribution in [0.15, 0.2) is 12.1 Å². The number of carbonyl (C=O) groups is 1. The molecule has 20 heavy (non-hydrogen) atoms. The maximum absolute atomic E-state index is 11.6. The Bertz CT molecular complexity index is 434. The fourth-order valence-electron chi connectivity index (χ4n) is 2.34. The summed E-state index contributed by atoms with van der Waals surface area (Å²) in [4.78, 5) is 11.6. The smallest absolute Gasteiger partial charge is 0.307 e. The first-order valence-electron chi connectivity index (χ1n) is 6.98. The van der Waals surface area contributed by atoms with E-state index in [0.29, 0.717) is 13.0 Å². The normalized spacial score (nSPS) is 12.1. The summed E-state index contributed by atoms with van der Waals surface area (Å²) in [5.74, 6) is 0.714. The Morgan fingerprint density at radius 2 is 1.90 bits per heavy atom. The van der Waals surface area contributed by atoms with Gasteiger partial charge in [0.25, 0.3) is 0 Å². The van der Waals surface area contributed by atoms with Crippen LogP contribution in [0.4, 0.5) is 0 Å². The van der Waals surface area contributed by atoms with E-state index in [1.165, 1.54) is 16.7 Å². The largest absolute Gasteiger partial charge is 0.497 e. The van der Waals surface area contributed by atoms with E-state index in [4.69, 9.17) is 9.47 Å². The van der Waals surface area contributed by atoms with E-state index in [9.17, 15) is 4.79 Å². The van der Waals surface area contributed by atoms with Crippen LogP contribution in [0.3, 0.4) is 0 Å². The van der Waals surface area contributed by atoms with Crippen LogP contribution in [-0.2, 0) is 16.0 Å². The minimum atomic E-state index is -0.157. The molecule has 0 bridgehead atoms. The van der Waals surface area contributed by atoms with Gasteiger partial charge in [-0.3, -0.25) is 4.79 Å². The molecule has 1 aromatic rings. The first-order chi connectivity index (χ1) is 9.51. The van der Waals surface area contributed by atoms with Crippen LogP contribution in [0.2, 0.25) is 0 Å². The first-order valence-corrected chi connectivity index (χ1v) is 6.98. The predicted octanol–water partition coefficient (Wildman–Crippen LogP) is 2.40. The van der Waals surface area contributed by atoms with Gasteiger partial charge in [0.05, 0.1) is 20.1 Å². The van der Waals surface area contributed by atoms with Gasteiger partial charge in [0, 0.05) is 6.04 Å². The van der Waals surface area contributed by atoms with Gasteiger partial charge < -0.3 is 14.8 Å². The monoisotopic (exact) mass is 279 g/mol. The zero-order valence-corrected chi connectivity index (χ0v) is 13.1. The van der Waals surface area contributed by atoms with Gasteiger partial charge in [-0.1, -0.05) is 0 Å². The average Bonchev–Trinajstić information content (AvgIpc) is 2.41. The molecule has 4 nitrogen and oxygen atoms in total. The molecule has 0 amide bonds. The highest BCUT2D eigenvalue weighted by molar-refractivity contribution is 5.70. The minimum Gasteiger partial charge on any atom is -0.497 e. The van der Waals surface area contributed by atoms with Crippen LogP contribution in [0.5, 0.6) is 5.75 Å². The fourth-order valence-corrected chi connectivity index (χ4v) is 2.34. The van der Waals surface area contributed by atoms with Crippen molar-refractivity contribution in [1.82, 2.24) is 5.32 Å². The number of methoxy groups -OCH3 is 1. The van der Waals surface area contributed by atoms with Crippen molar-refractivity contribution < 1.29 is 14.3 Å². The van der Waals surface area contributed by atoms with E-state index >= 15 is 0 Å². The fraction of sp³-hybridized carbons (Fsp3) is 0.562. The highest BCUT2D eigenvalue weighted by Gasteiger charge is 2.16. The number of esters is 1. The number of hydrogen-bond acceptors (Lipinski definition) is 4. The second kappa shape index (κ2) is 7.90. The van der Waals surface area contributed by atoms with Crippen molar-refractivity contribution in [2.24, 2.45) is 0 Å². The number of ether oxygens (including phenoxy) is 2. The van der Waals surface area contributed by atoms with Gasteiger partial charge in [0.2, 0.25) is 0 Å². The molecule has 0 aliphatic carbocycles. The molecule has 0 saturated heterocycles. The van der Waals surface area contributed by atoms with Gasteiger partial charge in [0.1, 0.15) is 5.75 Å². The van der Waals surface area contributed by atoms with Crippen molar-refractivity contribution in [2.75, 3.05) is 20.8 Å². The zero-order valence-electron chi connectivity index (χ0n) is 13.1. The van der Waals surface area contributed by atoms with E-state index in [2.05, 4.69) is 19.2 Å². The van der Waals surface area contributed by atoms with E-state index in [-0.39, 0.29) is 12.0 Å². The summed E-state index contributed by atoms with van der Waals surface area (Å²) in [6.07, 6.45) is 1.19. The summed E-state index contributed by atoms with van der Waals surface area (Å²) in [5, 5.41) is 3.19. The summed E-state index contributed by atoms with van der Waals surface area (Å²) in [5.41, 5.74) is 3.63. The summed E-state index contributed by atoms with van der Waals surface area (Å²) in [6.45, 7) is 6.39. The molecule has 0 aliphatic rings. The minimum absolute atomic E-state index is 0.0832. The standard InChI is InChI=1S/C16H25NO3/c1-6-20-16(18)10-13(17-4)9-15-11(2)7-14(19-5)8-12(15)3/h7-8,13,17H,6,9-10H2,1-5H3. The topological polar surface area (TPSA) is 47.6 Å². The Labute approximate surface area is 121 Å². The van der Waals surface area contributed by atoms with E-state index in [0.717, 1.165) is 12.2 Å². The molecule has 0 heterocycles. The number of benzene rings is 1. The van der Waals surface area contributed by atoms with Crippen molar-refractivity contribution in [3.05, 3.63) is 28.8 Å². The number of nitrogens with one attached hydrogen (secondary N) is 1. The van der Waals surface area contributed by atoms with Gasteiger partial charge in [-0.05, 0) is 63.1 Å². The number of rotatable bonds is 7. The number of carbonyl (C=O) groups excluding carboxylic acids is 1. The second-order valence-corrected chi connectivity index (χ2v) is 4.94. The van der Waals surface area contributed by atoms with Gasteiger partial charge in [-0.2, -0.15) is 0 Å². The van der Waals surface area contributed by atoms with E-state index in [1.54, 1.807) is 7.11 Å². The molecular weight excluding hydrogens is 254 g/mol. The molecule has 0 spiro atoms. The zero-order chi connectivity index (χ0) is 15.1. The molecule has 1 aromatic carbocycles. The molecule has 0 saturated carbocycles. The molecule has 0 radical (unpaired) electrons. The van der Waals surface area contributed by atoms with Crippen molar-refractivity contribution in [3.8, 4) is 5.75 Å². The predicted molar refractivity (Wildman–Crippen MR) is 80.3 cm³/mol. The van der Waals surface area contributed by atoms with Gasteiger partial charge in [-0.15, -0.1) is 0 Å².